The van der Waals surface area contributed by atoms with Crippen molar-refractivity contribution in [1.82, 2.24) is 5.32 Å². The quantitative estimate of drug-likeness (QED) is 0.649. The first-order valence-electron chi connectivity index (χ1n) is 6.72. The number of halogens is 1. The Morgan fingerprint density at radius 3 is 2.68 bits per heavy atom. The summed E-state index contributed by atoms with van der Waals surface area (Å²) in [6.07, 6.45) is 4.68. The van der Waals surface area contributed by atoms with E-state index in [0.29, 0.717) is 5.92 Å². The van der Waals surface area contributed by atoms with Crippen molar-refractivity contribution in [3.63, 3.8) is 0 Å². The number of thioether (sulfide) groups is 1. The maximum Gasteiger partial charge on any atom is 0.0587 e. The summed E-state index contributed by atoms with van der Waals surface area (Å²) >= 11 is 5.42. The minimum absolute atomic E-state index is 0.595. The summed E-state index contributed by atoms with van der Waals surface area (Å²) in [4.78, 5) is 0. The van der Waals surface area contributed by atoms with E-state index in [9.17, 15) is 0 Å². The Hall–Kier alpha value is -0.0300. The van der Waals surface area contributed by atoms with Gasteiger partial charge in [-0.3, -0.25) is 0 Å². The van der Waals surface area contributed by atoms with E-state index in [-0.39, 0.29) is 0 Å². The van der Waals surface area contributed by atoms with Crippen LogP contribution in [0.1, 0.15) is 24.3 Å². The van der Waals surface area contributed by atoms with E-state index < -0.39 is 0 Å². The van der Waals surface area contributed by atoms with Gasteiger partial charge in [0, 0.05) is 24.7 Å². The highest BCUT2D eigenvalue weighted by Gasteiger charge is 2.10. The Kier molecular flexibility index (Phi) is 9.61. The molecule has 1 aromatic carbocycles. The largest absolute Gasteiger partial charge is 0.383 e. The molecule has 1 atom stereocenters. The molecule has 1 unspecified atom stereocenters. The number of hydrogen-bond acceptors (Lipinski definition) is 3. The molecule has 0 radical (unpaired) electrons. The van der Waals surface area contributed by atoms with E-state index in [2.05, 4.69) is 51.8 Å². The monoisotopic (exact) mass is 345 g/mol. The van der Waals surface area contributed by atoms with Crippen molar-refractivity contribution in [2.45, 2.75) is 18.8 Å². The summed E-state index contributed by atoms with van der Waals surface area (Å²) in [7, 11) is 1.74. The topological polar surface area (TPSA) is 21.3 Å². The molecule has 4 heteroatoms. The minimum Gasteiger partial charge on any atom is -0.383 e. The molecule has 1 N–H and O–H groups in total. The van der Waals surface area contributed by atoms with Crippen LogP contribution in [0.5, 0.6) is 0 Å². The number of rotatable bonds is 10. The van der Waals surface area contributed by atoms with Gasteiger partial charge in [0.2, 0.25) is 0 Å². The van der Waals surface area contributed by atoms with Gasteiger partial charge < -0.3 is 10.1 Å². The molecular formula is C15H24BrNOS. The van der Waals surface area contributed by atoms with Gasteiger partial charge in [-0.15, -0.1) is 0 Å². The van der Waals surface area contributed by atoms with Crippen molar-refractivity contribution in [2.24, 2.45) is 0 Å². The zero-order chi connectivity index (χ0) is 13.9. The van der Waals surface area contributed by atoms with Gasteiger partial charge in [-0.05, 0) is 48.5 Å². The van der Waals surface area contributed by atoms with Gasteiger partial charge in [0.15, 0.2) is 0 Å². The molecule has 0 bridgehead atoms. The lowest BCUT2D eigenvalue weighted by atomic mass is 9.94. The molecule has 0 aliphatic carbocycles. The Labute approximate surface area is 129 Å². The highest BCUT2D eigenvalue weighted by atomic mass is 79.9. The third kappa shape index (κ3) is 7.35. The molecule has 0 spiro atoms. The van der Waals surface area contributed by atoms with Crippen LogP contribution in [0.25, 0.3) is 0 Å². The van der Waals surface area contributed by atoms with Crippen LogP contribution in [0, 0.1) is 0 Å². The lowest BCUT2D eigenvalue weighted by Gasteiger charge is -2.18. The molecule has 0 aliphatic rings. The molecule has 0 heterocycles. The zero-order valence-electron chi connectivity index (χ0n) is 11.8. The van der Waals surface area contributed by atoms with E-state index in [1.165, 1.54) is 24.2 Å². The maximum atomic E-state index is 5.07. The summed E-state index contributed by atoms with van der Waals surface area (Å²) < 4.78 is 6.22. The van der Waals surface area contributed by atoms with Crippen LogP contribution < -0.4 is 5.32 Å². The van der Waals surface area contributed by atoms with Gasteiger partial charge >= 0.3 is 0 Å². The van der Waals surface area contributed by atoms with Crippen LogP contribution in [0.2, 0.25) is 0 Å². The van der Waals surface area contributed by atoms with Crippen LogP contribution in [-0.4, -0.2) is 38.8 Å². The molecule has 108 valence electrons. The average molecular weight is 346 g/mol. The molecule has 19 heavy (non-hydrogen) atoms. The van der Waals surface area contributed by atoms with Crippen molar-refractivity contribution in [3.05, 3.63) is 34.3 Å². The maximum absolute atomic E-state index is 5.07. The second-order valence-corrected chi connectivity index (χ2v) is 6.48. The molecule has 1 rings (SSSR count). The van der Waals surface area contributed by atoms with Crippen LogP contribution >= 0.6 is 27.7 Å². The van der Waals surface area contributed by atoms with E-state index >= 15 is 0 Å². The number of ether oxygens (including phenoxy) is 1. The van der Waals surface area contributed by atoms with Crippen LogP contribution in [0.15, 0.2) is 28.7 Å². The number of hydrogen-bond donors (Lipinski definition) is 1. The first kappa shape index (κ1) is 17.0. The Morgan fingerprint density at radius 1 is 1.32 bits per heavy atom. The summed E-state index contributed by atoms with van der Waals surface area (Å²) in [5.41, 5.74) is 1.43. The molecule has 0 aromatic heterocycles. The highest BCUT2D eigenvalue weighted by molar-refractivity contribution is 9.10. The summed E-state index contributed by atoms with van der Waals surface area (Å²) in [5.74, 6) is 1.84. The average Bonchev–Trinajstić information content (AvgIpc) is 2.43. The van der Waals surface area contributed by atoms with E-state index in [1.807, 2.05) is 11.8 Å². The molecule has 0 fully saturated rings. The van der Waals surface area contributed by atoms with Crippen molar-refractivity contribution in [1.29, 1.82) is 0 Å². The first-order chi connectivity index (χ1) is 9.27. The van der Waals surface area contributed by atoms with E-state index in [1.54, 1.807) is 7.11 Å². The normalized spacial score (nSPS) is 12.6. The first-order valence-corrected chi connectivity index (χ1v) is 8.90. The molecular weight excluding hydrogens is 322 g/mol. The van der Waals surface area contributed by atoms with Gasteiger partial charge in [0.1, 0.15) is 0 Å². The lowest BCUT2D eigenvalue weighted by molar-refractivity contribution is 0.198. The Balaban J connectivity index is 2.49. The van der Waals surface area contributed by atoms with Crippen LogP contribution in [-0.2, 0) is 4.74 Å². The predicted octanol–water partition coefficient (Wildman–Crippen LogP) is 3.91. The fourth-order valence-corrected chi connectivity index (χ4v) is 2.77. The predicted molar refractivity (Wildman–Crippen MR) is 89.2 cm³/mol. The SMILES string of the molecule is COCCNCC(CCCSC)c1ccc(Br)cc1. The van der Waals surface area contributed by atoms with Crippen molar-refractivity contribution < 1.29 is 4.74 Å². The van der Waals surface area contributed by atoms with Crippen molar-refractivity contribution >= 4 is 27.7 Å². The number of methoxy groups -OCH3 is 1. The van der Waals surface area contributed by atoms with Crippen LogP contribution in [0.3, 0.4) is 0 Å². The number of benzene rings is 1. The summed E-state index contributed by atoms with van der Waals surface area (Å²) in [6, 6.07) is 8.72. The molecule has 0 saturated heterocycles. The lowest BCUT2D eigenvalue weighted by Crippen LogP contribution is -2.25. The highest BCUT2D eigenvalue weighted by Crippen LogP contribution is 2.23. The van der Waals surface area contributed by atoms with Crippen molar-refractivity contribution in [2.75, 3.05) is 38.8 Å². The molecule has 0 aliphatic heterocycles. The van der Waals surface area contributed by atoms with Gasteiger partial charge in [0.25, 0.3) is 0 Å². The van der Waals surface area contributed by atoms with E-state index in [4.69, 9.17) is 4.74 Å². The molecule has 2 nitrogen and oxygen atoms in total. The second kappa shape index (κ2) is 10.7. The zero-order valence-corrected chi connectivity index (χ0v) is 14.2. The summed E-state index contributed by atoms with van der Waals surface area (Å²) in [5, 5.41) is 3.48. The van der Waals surface area contributed by atoms with E-state index in [0.717, 1.165) is 24.2 Å². The molecule has 0 amide bonds. The van der Waals surface area contributed by atoms with Gasteiger partial charge in [-0.2, -0.15) is 11.8 Å². The fourth-order valence-electron chi connectivity index (χ4n) is 2.05. The summed E-state index contributed by atoms with van der Waals surface area (Å²) in [6.45, 7) is 2.73. The van der Waals surface area contributed by atoms with Gasteiger partial charge in [0.05, 0.1) is 6.61 Å². The van der Waals surface area contributed by atoms with Crippen molar-refractivity contribution in [3.8, 4) is 0 Å². The smallest absolute Gasteiger partial charge is 0.0587 e. The Bertz CT molecular complexity index is 331. The third-order valence-corrected chi connectivity index (χ3v) is 4.34. The van der Waals surface area contributed by atoms with Gasteiger partial charge in [-0.1, -0.05) is 28.1 Å². The second-order valence-electron chi connectivity index (χ2n) is 4.58. The van der Waals surface area contributed by atoms with Crippen LogP contribution in [0.4, 0.5) is 0 Å². The number of nitrogens with one attached hydrogen (secondary N) is 1. The van der Waals surface area contributed by atoms with Gasteiger partial charge in [-0.25, -0.2) is 0 Å². The minimum atomic E-state index is 0.595. The standard InChI is InChI=1S/C15H24BrNOS/c1-18-10-9-17-12-14(4-3-11-19-2)13-5-7-15(16)8-6-13/h5-8,14,17H,3-4,9-12H2,1-2H3. The molecule has 0 saturated carbocycles. The molecule has 1 aromatic rings. The Morgan fingerprint density at radius 2 is 2.05 bits per heavy atom. The fraction of sp³-hybridized carbons (Fsp3) is 0.600. The third-order valence-electron chi connectivity index (χ3n) is 3.12.